The Morgan fingerprint density at radius 1 is 1.30 bits per heavy atom. The zero-order valence-corrected chi connectivity index (χ0v) is 12.3. The minimum atomic E-state index is 0.170. The monoisotopic (exact) mass is 276 g/mol. The molecule has 110 valence electrons. The van der Waals surface area contributed by atoms with Gasteiger partial charge in [-0.25, -0.2) is 0 Å². The van der Waals surface area contributed by atoms with Crippen molar-refractivity contribution in [1.82, 2.24) is 4.90 Å². The molecule has 2 aromatic rings. The highest BCUT2D eigenvalue weighted by molar-refractivity contribution is 5.81. The smallest absolute Gasteiger partial charge is 0.134 e. The van der Waals surface area contributed by atoms with Gasteiger partial charge in [-0.05, 0) is 19.5 Å². The van der Waals surface area contributed by atoms with Crippen LogP contribution in [0.2, 0.25) is 0 Å². The lowest BCUT2D eigenvalue weighted by atomic mass is 10.0. The molecule has 0 aliphatic rings. The Morgan fingerprint density at radius 3 is 2.80 bits per heavy atom. The number of ether oxygens (including phenoxy) is 1. The number of nitrogens with two attached hydrogens (primary N) is 1. The molecule has 1 aromatic carbocycles. The fourth-order valence-electron chi connectivity index (χ4n) is 2.59. The molecule has 4 nitrogen and oxygen atoms in total. The maximum atomic E-state index is 6.01. The summed E-state index contributed by atoms with van der Waals surface area (Å²) in [7, 11) is 0. The Kier molecular flexibility index (Phi) is 5.59. The van der Waals surface area contributed by atoms with E-state index in [0.717, 1.165) is 37.3 Å². The van der Waals surface area contributed by atoms with Gasteiger partial charge in [0.25, 0.3) is 0 Å². The zero-order chi connectivity index (χ0) is 14.4. The van der Waals surface area contributed by atoms with E-state index in [-0.39, 0.29) is 6.04 Å². The van der Waals surface area contributed by atoms with Crippen LogP contribution in [0, 0.1) is 0 Å². The SMILES string of the molecule is CCOCCN(CC)C(CN)c1coc2ccccc12. The van der Waals surface area contributed by atoms with E-state index in [9.17, 15) is 0 Å². The first kappa shape index (κ1) is 15.0. The molecule has 4 heteroatoms. The molecule has 2 N–H and O–H groups in total. The molecule has 1 aromatic heterocycles. The van der Waals surface area contributed by atoms with Crippen molar-refractivity contribution in [2.75, 3.05) is 32.8 Å². The van der Waals surface area contributed by atoms with Crippen LogP contribution in [0.1, 0.15) is 25.5 Å². The molecular weight excluding hydrogens is 252 g/mol. The molecule has 1 atom stereocenters. The minimum Gasteiger partial charge on any atom is -0.464 e. The fraction of sp³-hybridized carbons (Fsp3) is 0.500. The standard InChI is InChI=1S/C16H24N2O2/c1-3-18(9-10-19-4-2)15(11-17)14-12-20-16-8-6-5-7-13(14)16/h5-8,12,15H,3-4,9-11,17H2,1-2H3. The zero-order valence-electron chi connectivity index (χ0n) is 12.3. The number of rotatable bonds is 8. The lowest BCUT2D eigenvalue weighted by Gasteiger charge is -2.29. The lowest BCUT2D eigenvalue weighted by molar-refractivity contribution is 0.0981. The summed E-state index contributed by atoms with van der Waals surface area (Å²) in [6.07, 6.45) is 1.84. The van der Waals surface area contributed by atoms with E-state index in [0.29, 0.717) is 6.54 Å². The molecule has 0 radical (unpaired) electrons. The number of benzene rings is 1. The van der Waals surface area contributed by atoms with Crippen LogP contribution in [0.3, 0.4) is 0 Å². The van der Waals surface area contributed by atoms with Crippen LogP contribution in [0.4, 0.5) is 0 Å². The normalized spacial score (nSPS) is 13.2. The number of hydrogen-bond acceptors (Lipinski definition) is 4. The van der Waals surface area contributed by atoms with Gasteiger partial charge in [-0.1, -0.05) is 25.1 Å². The maximum Gasteiger partial charge on any atom is 0.134 e. The summed E-state index contributed by atoms with van der Waals surface area (Å²) in [5.41, 5.74) is 8.10. The van der Waals surface area contributed by atoms with Crippen molar-refractivity contribution in [2.24, 2.45) is 5.73 Å². The summed E-state index contributed by atoms with van der Waals surface area (Å²) in [4.78, 5) is 2.34. The van der Waals surface area contributed by atoms with E-state index < -0.39 is 0 Å². The van der Waals surface area contributed by atoms with Gasteiger partial charge in [0.15, 0.2) is 0 Å². The molecule has 0 aliphatic heterocycles. The van der Waals surface area contributed by atoms with Crippen molar-refractivity contribution in [1.29, 1.82) is 0 Å². The van der Waals surface area contributed by atoms with E-state index in [1.54, 1.807) is 0 Å². The van der Waals surface area contributed by atoms with Gasteiger partial charge in [-0.2, -0.15) is 0 Å². The average Bonchev–Trinajstić information content (AvgIpc) is 2.91. The minimum absolute atomic E-state index is 0.170. The van der Waals surface area contributed by atoms with E-state index in [2.05, 4.69) is 17.9 Å². The number of fused-ring (bicyclic) bond motifs is 1. The third kappa shape index (κ3) is 3.20. The van der Waals surface area contributed by atoms with E-state index in [4.69, 9.17) is 14.9 Å². The molecular formula is C16H24N2O2. The number of hydrogen-bond donors (Lipinski definition) is 1. The predicted molar refractivity (Wildman–Crippen MR) is 81.7 cm³/mol. The van der Waals surface area contributed by atoms with Crippen molar-refractivity contribution < 1.29 is 9.15 Å². The topological polar surface area (TPSA) is 51.6 Å². The fourth-order valence-corrected chi connectivity index (χ4v) is 2.59. The van der Waals surface area contributed by atoms with E-state index in [1.165, 1.54) is 5.56 Å². The van der Waals surface area contributed by atoms with Gasteiger partial charge in [-0.15, -0.1) is 0 Å². The molecule has 0 fully saturated rings. The Morgan fingerprint density at radius 2 is 2.10 bits per heavy atom. The van der Waals surface area contributed by atoms with E-state index >= 15 is 0 Å². The summed E-state index contributed by atoms with van der Waals surface area (Å²) in [5, 5.41) is 1.15. The Bertz CT molecular complexity index is 524. The molecule has 0 spiro atoms. The summed E-state index contributed by atoms with van der Waals surface area (Å²) in [6, 6.07) is 8.27. The van der Waals surface area contributed by atoms with Gasteiger partial charge in [0.05, 0.1) is 18.9 Å². The molecule has 1 heterocycles. The summed E-state index contributed by atoms with van der Waals surface area (Å²) < 4.78 is 11.1. The molecule has 0 aliphatic carbocycles. The van der Waals surface area contributed by atoms with Crippen LogP contribution < -0.4 is 5.73 Å². The first-order valence-electron chi connectivity index (χ1n) is 7.29. The van der Waals surface area contributed by atoms with Gasteiger partial charge < -0.3 is 14.9 Å². The highest BCUT2D eigenvalue weighted by Gasteiger charge is 2.21. The number of nitrogens with zero attached hydrogens (tertiary/aromatic N) is 1. The largest absolute Gasteiger partial charge is 0.464 e. The summed E-state index contributed by atoms with van der Waals surface area (Å²) in [6.45, 7) is 8.04. The first-order valence-corrected chi connectivity index (χ1v) is 7.29. The summed E-state index contributed by atoms with van der Waals surface area (Å²) >= 11 is 0. The van der Waals surface area contributed by atoms with Crippen LogP contribution >= 0.6 is 0 Å². The molecule has 1 unspecified atom stereocenters. The first-order chi connectivity index (χ1) is 9.81. The van der Waals surface area contributed by atoms with Crippen molar-refractivity contribution >= 4 is 11.0 Å². The van der Waals surface area contributed by atoms with Gasteiger partial charge in [0.2, 0.25) is 0 Å². The Balaban J connectivity index is 2.21. The maximum absolute atomic E-state index is 6.01. The Labute approximate surface area is 120 Å². The number of para-hydroxylation sites is 1. The quantitative estimate of drug-likeness (QED) is 0.753. The Hall–Kier alpha value is -1.36. The van der Waals surface area contributed by atoms with Gasteiger partial charge in [-0.3, -0.25) is 4.90 Å². The highest BCUT2D eigenvalue weighted by Crippen LogP contribution is 2.29. The van der Waals surface area contributed by atoms with Crippen molar-refractivity contribution in [3.63, 3.8) is 0 Å². The number of likely N-dealkylation sites (N-methyl/N-ethyl adjacent to an activating group) is 1. The molecule has 0 bridgehead atoms. The molecule has 0 saturated heterocycles. The van der Waals surface area contributed by atoms with Crippen LogP contribution in [-0.4, -0.2) is 37.7 Å². The lowest BCUT2D eigenvalue weighted by Crippen LogP contribution is -2.36. The van der Waals surface area contributed by atoms with Gasteiger partial charge >= 0.3 is 0 Å². The van der Waals surface area contributed by atoms with Gasteiger partial charge in [0.1, 0.15) is 5.58 Å². The van der Waals surface area contributed by atoms with Crippen molar-refractivity contribution in [2.45, 2.75) is 19.9 Å². The second kappa shape index (κ2) is 7.43. The van der Waals surface area contributed by atoms with Crippen LogP contribution in [0.25, 0.3) is 11.0 Å². The summed E-state index contributed by atoms with van der Waals surface area (Å²) in [5.74, 6) is 0. The average molecular weight is 276 g/mol. The molecule has 2 rings (SSSR count). The molecule has 0 amide bonds. The third-order valence-corrected chi connectivity index (χ3v) is 3.67. The number of furan rings is 1. The highest BCUT2D eigenvalue weighted by atomic mass is 16.5. The van der Waals surface area contributed by atoms with Crippen LogP contribution in [0.5, 0.6) is 0 Å². The van der Waals surface area contributed by atoms with E-state index in [1.807, 2.05) is 31.4 Å². The second-order valence-electron chi connectivity index (χ2n) is 4.76. The second-order valence-corrected chi connectivity index (χ2v) is 4.76. The van der Waals surface area contributed by atoms with Gasteiger partial charge in [0, 0.05) is 30.6 Å². The molecule has 20 heavy (non-hydrogen) atoms. The van der Waals surface area contributed by atoms with Crippen LogP contribution in [-0.2, 0) is 4.74 Å². The van der Waals surface area contributed by atoms with Crippen molar-refractivity contribution in [3.05, 3.63) is 36.1 Å². The van der Waals surface area contributed by atoms with Crippen molar-refractivity contribution in [3.8, 4) is 0 Å². The van der Waals surface area contributed by atoms with Crippen LogP contribution in [0.15, 0.2) is 34.9 Å². The molecule has 0 saturated carbocycles. The third-order valence-electron chi connectivity index (χ3n) is 3.67. The predicted octanol–water partition coefficient (Wildman–Crippen LogP) is 2.79.